The van der Waals surface area contributed by atoms with Gasteiger partial charge < -0.3 is 14.8 Å². The van der Waals surface area contributed by atoms with E-state index in [9.17, 15) is 4.39 Å². The average molecular weight is 448 g/mol. The Kier molecular flexibility index (Phi) is 5.18. The van der Waals surface area contributed by atoms with Crippen molar-refractivity contribution in [3.8, 4) is 17.4 Å². The Labute approximate surface area is 171 Å². The van der Waals surface area contributed by atoms with Gasteiger partial charge in [0, 0.05) is 25.2 Å². The number of likely N-dealkylation sites (N-methyl/N-ethyl adjacent to an activating group) is 1. The Bertz CT molecular complexity index is 1020. The van der Waals surface area contributed by atoms with E-state index in [1.54, 1.807) is 13.2 Å². The molecular formula is C20H21BrFN4O2+. The topological polar surface area (TPSA) is 56.3 Å². The predicted octanol–water partition coefficient (Wildman–Crippen LogP) is 3.87. The van der Waals surface area contributed by atoms with Crippen LogP contribution in [0, 0.1) is 5.82 Å². The number of nitrogens with one attached hydrogen (secondary N) is 1. The van der Waals surface area contributed by atoms with Gasteiger partial charge in [-0.3, -0.25) is 4.48 Å². The Morgan fingerprint density at radius 1 is 1.11 bits per heavy atom. The molecule has 6 nitrogen and oxygen atoms in total. The van der Waals surface area contributed by atoms with Crippen molar-refractivity contribution >= 4 is 32.5 Å². The minimum absolute atomic E-state index is 0.342. The number of aromatic nitrogens is 2. The zero-order valence-electron chi connectivity index (χ0n) is 15.7. The average Bonchev–Trinajstić information content (AvgIpc) is 2.70. The number of methoxy groups -OCH3 is 1. The molecule has 8 heteroatoms. The lowest BCUT2D eigenvalue weighted by atomic mass is 10.1. The maximum atomic E-state index is 13.4. The van der Waals surface area contributed by atoms with Crippen molar-refractivity contribution in [2.75, 3.05) is 40.3 Å². The molecule has 4 rings (SSSR count). The molecule has 1 aliphatic heterocycles. The van der Waals surface area contributed by atoms with Gasteiger partial charge in [-0.1, -0.05) is 0 Å². The van der Waals surface area contributed by atoms with Crippen LogP contribution < -0.4 is 19.3 Å². The minimum atomic E-state index is -0.342. The minimum Gasteiger partial charge on any atom is -0.491 e. The number of hydrogen-bond acceptors (Lipinski definition) is 5. The second-order valence-electron chi connectivity index (χ2n) is 6.99. The fourth-order valence-electron chi connectivity index (χ4n) is 3.51. The molecule has 0 radical (unpaired) electrons. The van der Waals surface area contributed by atoms with Crippen molar-refractivity contribution in [3.63, 3.8) is 0 Å². The van der Waals surface area contributed by atoms with Crippen LogP contribution in [0.1, 0.15) is 0 Å². The fourth-order valence-corrected chi connectivity index (χ4v) is 3.94. The van der Waals surface area contributed by atoms with E-state index < -0.39 is 0 Å². The molecule has 1 aromatic heterocycles. The van der Waals surface area contributed by atoms with E-state index in [2.05, 4.69) is 38.3 Å². The van der Waals surface area contributed by atoms with Gasteiger partial charge >= 0.3 is 0 Å². The van der Waals surface area contributed by atoms with Gasteiger partial charge in [0.2, 0.25) is 5.88 Å². The van der Waals surface area contributed by atoms with Crippen LogP contribution >= 0.6 is 15.9 Å². The largest absolute Gasteiger partial charge is 0.491 e. The van der Waals surface area contributed by atoms with Crippen LogP contribution in [-0.2, 0) is 0 Å². The molecule has 1 saturated heterocycles. The highest BCUT2D eigenvalue weighted by molar-refractivity contribution is 9.10. The molecule has 0 amide bonds. The summed E-state index contributed by atoms with van der Waals surface area (Å²) < 4.78 is 26.3. The molecule has 1 fully saturated rings. The first-order chi connectivity index (χ1) is 13.5. The molecule has 1 aliphatic rings. The normalized spacial score (nSPS) is 16.1. The van der Waals surface area contributed by atoms with Gasteiger partial charge in [-0.2, -0.15) is 0 Å². The molecule has 1 N–H and O–H groups in total. The van der Waals surface area contributed by atoms with Crippen molar-refractivity contribution in [2.24, 2.45) is 0 Å². The molecule has 2 aromatic carbocycles. The van der Waals surface area contributed by atoms with Crippen molar-refractivity contribution in [1.29, 1.82) is 0 Å². The van der Waals surface area contributed by atoms with Gasteiger partial charge in [0.25, 0.3) is 0 Å². The summed E-state index contributed by atoms with van der Waals surface area (Å²) in [4.78, 5) is 8.72. The van der Waals surface area contributed by atoms with Crippen LogP contribution in [0.5, 0.6) is 17.4 Å². The Morgan fingerprint density at radius 2 is 1.89 bits per heavy atom. The zero-order chi connectivity index (χ0) is 19.7. The smallest absolute Gasteiger partial charge is 0.230 e. The van der Waals surface area contributed by atoms with Crippen LogP contribution in [0.25, 0.3) is 10.9 Å². The maximum Gasteiger partial charge on any atom is 0.230 e. The highest BCUT2D eigenvalue weighted by Crippen LogP contribution is 2.39. The monoisotopic (exact) mass is 447 g/mol. The fraction of sp³-hybridized carbons (Fsp3) is 0.300. The maximum absolute atomic E-state index is 13.4. The number of hydrogen-bond donors (Lipinski definition) is 1. The molecule has 0 bridgehead atoms. The quantitative estimate of drug-likeness (QED) is 0.615. The first-order valence-electron chi connectivity index (χ1n) is 9.02. The van der Waals surface area contributed by atoms with Crippen LogP contribution in [0.3, 0.4) is 0 Å². The van der Waals surface area contributed by atoms with Crippen LogP contribution in [-0.4, -0.2) is 50.3 Å². The number of halogens is 2. The van der Waals surface area contributed by atoms with Crippen LogP contribution in [0.15, 0.2) is 41.1 Å². The summed E-state index contributed by atoms with van der Waals surface area (Å²) >= 11 is 3.33. The van der Waals surface area contributed by atoms with E-state index in [1.807, 2.05) is 12.1 Å². The van der Waals surface area contributed by atoms with Gasteiger partial charge in [-0.25, -0.2) is 14.4 Å². The van der Waals surface area contributed by atoms with Crippen LogP contribution in [0.2, 0.25) is 0 Å². The predicted molar refractivity (Wildman–Crippen MR) is 111 cm³/mol. The lowest BCUT2D eigenvalue weighted by Crippen LogP contribution is -2.57. The number of fused-ring (bicyclic) bond motifs is 1. The van der Waals surface area contributed by atoms with Crippen molar-refractivity contribution in [3.05, 3.63) is 46.9 Å². The third kappa shape index (κ3) is 3.55. The molecule has 0 unspecified atom stereocenters. The third-order valence-corrected chi connectivity index (χ3v) is 5.77. The Morgan fingerprint density at radius 3 is 2.61 bits per heavy atom. The standard InChI is InChI=1S/C20H21BrFN4O2/c1-26(7-5-23-6-8-26)17-11-16-14(10-19(17)27-2)20(25-12-24-16)28-18-4-3-13(22)9-15(18)21/h3-4,9-12,23H,5-8H2,1-2H3/q+1. The Balaban J connectivity index is 1.79. The van der Waals surface area contributed by atoms with Gasteiger partial charge in [0.05, 0.1) is 42.6 Å². The zero-order valence-corrected chi connectivity index (χ0v) is 17.3. The molecule has 0 atom stereocenters. The highest BCUT2D eigenvalue weighted by atomic mass is 79.9. The summed E-state index contributed by atoms with van der Waals surface area (Å²) in [6, 6.07) is 8.23. The van der Waals surface area contributed by atoms with Crippen molar-refractivity contribution in [1.82, 2.24) is 19.8 Å². The lowest BCUT2D eigenvalue weighted by molar-refractivity contribution is 0.277. The lowest BCUT2D eigenvalue weighted by Gasteiger charge is -2.38. The molecule has 0 spiro atoms. The number of nitrogens with zero attached hydrogens (tertiary/aromatic N) is 3. The van der Waals surface area contributed by atoms with Crippen molar-refractivity contribution in [2.45, 2.75) is 0 Å². The van der Waals surface area contributed by atoms with Gasteiger partial charge in [0.1, 0.15) is 17.9 Å². The summed E-state index contributed by atoms with van der Waals surface area (Å²) in [7, 11) is 3.87. The molecule has 146 valence electrons. The van der Waals surface area contributed by atoms with E-state index >= 15 is 0 Å². The SMILES string of the molecule is COc1cc2c(Oc3ccc(F)cc3Br)ncnc2cc1[N+]1(C)CCNCC1. The van der Waals surface area contributed by atoms with Crippen LogP contribution in [0.4, 0.5) is 10.1 Å². The van der Waals surface area contributed by atoms with Gasteiger partial charge in [0.15, 0.2) is 11.4 Å². The van der Waals surface area contributed by atoms with E-state index in [1.165, 1.54) is 18.5 Å². The Hall–Kier alpha value is -2.29. The summed E-state index contributed by atoms with van der Waals surface area (Å²) in [5.41, 5.74) is 1.86. The summed E-state index contributed by atoms with van der Waals surface area (Å²) in [6.45, 7) is 3.85. The second-order valence-corrected chi connectivity index (χ2v) is 7.84. The number of rotatable bonds is 4. The molecular weight excluding hydrogens is 427 g/mol. The molecule has 0 aliphatic carbocycles. The summed E-state index contributed by atoms with van der Waals surface area (Å²) in [6.07, 6.45) is 1.48. The highest BCUT2D eigenvalue weighted by Gasteiger charge is 2.31. The molecule has 0 saturated carbocycles. The summed E-state index contributed by atoms with van der Waals surface area (Å²) in [5.74, 6) is 1.30. The molecule has 28 heavy (non-hydrogen) atoms. The van der Waals surface area contributed by atoms with Gasteiger partial charge in [-0.15, -0.1) is 0 Å². The van der Waals surface area contributed by atoms with E-state index in [4.69, 9.17) is 9.47 Å². The first kappa shape index (κ1) is 19.0. The molecule has 2 heterocycles. The second kappa shape index (κ2) is 7.62. The molecule has 3 aromatic rings. The third-order valence-electron chi connectivity index (χ3n) is 5.15. The number of ether oxygens (including phenoxy) is 2. The number of piperazine rings is 1. The summed E-state index contributed by atoms with van der Waals surface area (Å²) in [5, 5.41) is 4.13. The van der Waals surface area contributed by atoms with E-state index in [-0.39, 0.29) is 5.82 Å². The first-order valence-corrected chi connectivity index (χ1v) is 9.81. The van der Waals surface area contributed by atoms with Crippen molar-refractivity contribution < 1.29 is 13.9 Å². The van der Waals surface area contributed by atoms with E-state index in [0.29, 0.717) is 16.1 Å². The van der Waals surface area contributed by atoms with E-state index in [0.717, 1.165) is 53.0 Å². The van der Waals surface area contributed by atoms with Gasteiger partial charge in [-0.05, 0) is 34.1 Å². The number of benzene rings is 2. The number of quaternary nitrogens is 1.